The van der Waals surface area contributed by atoms with Gasteiger partial charge in [-0.15, -0.1) is 0 Å². The second-order valence-corrected chi connectivity index (χ2v) is 21.4. The van der Waals surface area contributed by atoms with Crippen LogP contribution < -0.4 is 5.32 Å². The van der Waals surface area contributed by atoms with Gasteiger partial charge in [-0.1, -0.05) is 20.8 Å². The molecule has 0 saturated carbocycles. The van der Waals surface area contributed by atoms with Gasteiger partial charge in [0, 0.05) is 44.6 Å². The maximum absolute atomic E-state index is 14.7. The molecule has 412 valence electrons. The van der Waals surface area contributed by atoms with Crippen molar-refractivity contribution in [2.45, 2.75) is 216 Å². The Hall–Kier alpha value is -2.59. The number of aliphatic hydroxyl groups is 6. The number of carbonyl (C=O) groups is 3. The third kappa shape index (κ3) is 13.5. The third-order valence-electron chi connectivity index (χ3n) is 15.4. The van der Waals surface area contributed by atoms with Crippen molar-refractivity contribution in [3.63, 3.8) is 0 Å². The summed E-state index contributed by atoms with van der Waals surface area (Å²) >= 11 is 0. The van der Waals surface area contributed by atoms with Crippen LogP contribution in [0.15, 0.2) is 0 Å². The lowest BCUT2D eigenvalue weighted by Crippen LogP contribution is -2.61. The summed E-state index contributed by atoms with van der Waals surface area (Å²) in [5.41, 5.74) is -4.28. The molecule has 7 N–H and O–H groups in total. The molecule has 0 aliphatic carbocycles. The molecule has 0 unspecified atom stereocenters. The SMILES string of the molecule is CC[C@H]1OC(=O)[C@H](C)[C@H](O[C@H]2C[C@@](C)(OC)[C@@H](OC(=O)NCCO[C@@H]3O[C@H](CO)[C@@H](O)[C@H](O)[C@H]3O)[C@H](C)O2)[C@@H](C)[C@@H](O[C@@H]2O[C@H](C)C[C@H](N(C)C)[C@H]2O)[C@](C)(O)C[C@@H](C)CN(C)[C@H](C)[C@H]2OC(=O)O[C@@]21C. The van der Waals surface area contributed by atoms with Crippen molar-refractivity contribution in [1.82, 2.24) is 15.1 Å². The molecular formula is C48H85N3O20. The highest BCUT2D eigenvalue weighted by Crippen LogP contribution is 2.42. The van der Waals surface area contributed by atoms with Crippen molar-refractivity contribution in [2.75, 3.05) is 54.6 Å². The van der Waals surface area contributed by atoms with E-state index >= 15 is 0 Å². The minimum Gasteiger partial charge on any atom is -0.458 e. The van der Waals surface area contributed by atoms with Crippen molar-refractivity contribution in [3.05, 3.63) is 0 Å². The number of likely N-dealkylation sites (N-methyl/N-ethyl adjacent to an activating group) is 2. The Morgan fingerprint density at radius 1 is 0.887 bits per heavy atom. The van der Waals surface area contributed by atoms with Gasteiger partial charge in [0.2, 0.25) is 0 Å². The number of amides is 1. The van der Waals surface area contributed by atoms with Crippen LogP contribution in [0.25, 0.3) is 0 Å². The zero-order valence-electron chi connectivity index (χ0n) is 44.0. The summed E-state index contributed by atoms with van der Waals surface area (Å²) in [5, 5.41) is 67.0. The number of cyclic esters (lactones) is 1. The first-order valence-corrected chi connectivity index (χ1v) is 25.0. The summed E-state index contributed by atoms with van der Waals surface area (Å²) in [6.07, 6.45) is -17.9. The molecular weight excluding hydrogens is 939 g/mol. The first-order chi connectivity index (χ1) is 33.1. The fraction of sp³-hybridized carbons (Fsp3) is 0.938. The van der Waals surface area contributed by atoms with Crippen LogP contribution in [0.3, 0.4) is 0 Å². The number of carbonyl (C=O) groups excluding carboxylic acids is 3. The molecule has 0 aromatic rings. The van der Waals surface area contributed by atoms with Gasteiger partial charge in [-0.25, -0.2) is 9.59 Å². The van der Waals surface area contributed by atoms with Crippen LogP contribution in [0.2, 0.25) is 0 Å². The van der Waals surface area contributed by atoms with Gasteiger partial charge in [-0.3, -0.25) is 9.69 Å². The molecule has 5 heterocycles. The van der Waals surface area contributed by atoms with Gasteiger partial charge < -0.3 is 93.0 Å². The van der Waals surface area contributed by atoms with E-state index in [1.54, 1.807) is 41.5 Å². The second-order valence-electron chi connectivity index (χ2n) is 21.4. The fourth-order valence-electron chi connectivity index (χ4n) is 11.2. The number of rotatable bonds is 13. The molecule has 5 fully saturated rings. The van der Waals surface area contributed by atoms with Gasteiger partial charge in [-0.05, 0) is 94.8 Å². The Bertz CT molecular complexity index is 1750. The predicted octanol–water partition coefficient (Wildman–Crippen LogP) is 0.633. The third-order valence-corrected chi connectivity index (χ3v) is 15.4. The first-order valence-electron chi connectivity index (χ1n) is 25.0. The number of aliphatic hydroxyl groups excluding tert-OH is 5. The lowest BCUT2D eigenvalue weighted by molar-refractivity contribution is -0.317. The maximum Gasteiger partial charge on any atom is 0.509 e. The number of nitrogens with zero attached hydrogens (tertiary/aromatic N) is 2. The summed E-state index contributed by atoms with van der Waals surface area (Å²) in [6, 6.07) is -0.750. The number of methoxy groups -OCH3 is 1. The van der Waals surface area contributed by atoms with Crippen LogP contribution >= 0.6 is 0 Å². The van der Waals surface area contributed by atoms with Gasteiger partial charge >= 0.3 is 18.2 Å². The highest BCUT2D eigenvalue weighted by atomic mass is 16.8. The number of alkyl carbamates (subject to hydrolysis) is 1. The normalized spacial score (nSPS) is 46.5. The molecule has 23 heteroatoms. The summed E-state index contributed by atoms with van der Waals surface area (Å²) < 4.78 is 67.1. The molecule has 5 aliphatic heterocycles. The van der Waals surface area contributed by atoms with Gasteiger partial charge in [-0.2, -0.15) is 0 Å². The van der Waals surface area contributed by atoms with Crippen LogP contribution in [-0.4, -0.2) is 234 Å². The molecule has 5 saturated heterocycles. The number of ether oxygens (including phenoxy) is 11. The van der Waals surface area contributed by atoms with Crippen molar-refractivity contribution >= 4 is 18.2 Å². The predicted molar refractivity (Wildman–Crippen MR) is 249 cm³/mol. The Kier molecular flexibility index (Phi) is 20.4. The fourth-order valence-corrected chi connectivity index (χ4v) is 11.2. The summed E-state index contributed by atoms with van der Waals surface area (Å²) in [4.78, 5) is 44.8. The maximum atomic E-state index is 14.7. The Morgan fingerprint density at radius 2 is 1.56 bits per heavy atom. The van der Waals surface area contributed by atoms with E-state index < -0.39 is 146 Å². The highest BCUT2D eigenvalue weighted by Gasteiger charge is 2.59. The van der Waals surface area contributed by atoms with E-state index in [0.29, 0.717) is 13.0 Å². The minimum atomic E-state index is -1.65. The number of hydrogen-bond donors (Lipinski definition) is 7. The summed E-state index contributed by atoms with van der Waals surface area (Å²) in [5.74, 6) is -2.86. The molecule has 5 rings (SSSR count). The molecule has 5 aliphatic rings. The summed E-state index contributed by atoms with van der Waals surface area (Å²) in [6.45, 7) is 17.2. The molecule has 0 aromatic carbocycles. The second kappa shape index (κ2) is 24.4. The molecule has 23 atom stereocenters. The van der Waals surface area contributed by atoms with E-state index in [-0.39, 0.29) is 50.5 Å². The Morgan fingerprint density at radius 3 is 2.18 bits per heavy atom. The highest BCUT2D eigenvalue weighted by molar-refractivity contribution is 5.73. The average molecular weight is 1020 g/mol. The zero-order chi connectivity index (χ0) is 53.1. The first kappa shape index (κ1) is 59.3. The van der Waals surface area contributed by atoms with Gasteiger partial charge in [0.05, 0.1) is 49.1 Å². The van der Waals surface area contributed by atoms with Crippen LogP contribution in [0.4, 0.5) is 9.59 Å². The Labute approximate surface area is 417 Å². The molecule has 1 amide bonds. The van der Waals surface area contributed by atoms with Gasteiger partial charge in [0.25, 0.3) is 0 Å². The molecule has 71 heavy (non-hydrogen) atoms. The smallest absolute Gasteiger partial charge is 0.458 e. The van der Waals surface area contributed by atoms with E-state index in [4.69, 9.17) is 52.1 Å². The number of esters is 1. The van der Waals surface area contributed by atoms with Gasteiger partial charge in [0.15, 0.2) is 36.7 Å². The molecule has 0 spiro atoms. The topological polar surface area (TPSA) is 293 Å². The monoisotopic (exact) mass is 1020 g/mol. The van der Waals surface area contributed by atoms with Crippen molar-refractivity contribution in [1.29, 1.82) is 0 Å². The van der Waals surface area contributed by atoms with E-state index in [2.05, 4.69) is 5.32 Å². The standard InChI is InChI=1S/C48H85N3O20/c1-15-31-48(10)39(70-45(59)71-48)27(6)51(13)21-23(2)19-46(8,60)38(68-43-33(53)29(50(11)12)18-24(3)63-43)25(4)37(26(5)41(57)66-31)67-32-20-47(9,61-14)40(28(7)64-32)69-44(58)49-16-17-62-42-36(56)35(55)34(54)30(22-52)65-42/h23-40,42-43,52-56,60H,15-22H2,1-14H3,(H,49,58)/t23-,24-,25-,26-,27-,28+,29+,30-,31-,32+,33-,34-,35+,36-,37-,38-,39-,40+,42-,43+,46-,47-,48-/m1/s1. The quantitative estimate of drug-likeness (QED) is 0.0757. The van der Waals surface area contributed by atoms with Gasteiger partial charge in [0.1, 0.15) is 42.2 Å². The molecule has 0 bridgehead atoms. The van der Waals surface area contributed by atoms with Crippen LogP contribution in [0, 0.1) is 17.8 Å². The molecule has 0 radical (unpaired) electrons. The van der Waals surface area contributed by atoms with Crippen molar-refractivity contribution in [2.24, 2.45) is 17.8 Å². The van der Waals surface area contributed by atoms with E-state index in [0.717, 1.165) is 0 Å². The van der Waals surface area contributed by atoms with E-state index in [1.165, 1.54) is 7.11 Å². The van der Waals surface area contributed by atoms with Crippen LogP contribution in [-0.2, 0) is 56.9 Å². The zero-order valence-corrected chi connectivity index (χ0v) is 44.0. The minimum absolute atomic E-state index is 0.0305. The Balaban J connectivity index is 1.43. The van der Waals surface area contributed by atoms with Crippen LogP contribution in [0.1, 0.15) is 94.9 Å². The largest absolute Gasteiger partial charge is 0.509 e. The number of fused-ring (bicyclic) bond motifs is 1. The number of nitrogens with one attached hydrogen (secondary N) is 1. The lowest BCUT2D eigenvalue weighted by atomic mass is 9.77. The van der Waals surface area contributed by atoms with Crippen molar-refractivity contribution < 1.29 is 97.1 Å². The molecule has 0 aromatic heterocycles. The molecule has 23 nitrogen and oxygen atoms in total. The van der Waals surface area contributed by atoms with E-state index in [9.17, 15) is 45.0 Å². The summed E-state index contributed by atoms with van der Waals surface area (Å²) in [7, 11) is 7.05. The average Bonchev–Trinajstić information content (AvgIpc) is 3.61. The van der Waals surface area contributed by atoms with Crippen LogP contribution in [0.5, 0.6) is 0 Å². The van der Waals surface area contributed by atoms with Crippen molar-refractivity contribution in [3.8, 4) is 0 Å². The van der Waals surface area contributed by atoms with E-state index in [1.807, 2.05) is 58.6 Å². The lowest BCUT2D eigenvalue weighted by Gasteiger charge is -2.49. The number of hydrogen-bond acceptors (Lipinski definition) is 22.